The second-order valence-corrected chi connectivity index (χ2v) is 6.46. The van der Waals surface area contributed by atoms with E-state index in [1.165, 1.54) is 0 Å². The number of guanidine groups is 1. The maximum Gasteiger partial charge on any atom is 0.239 e. The molecule has 0 atom stereocenters. The zero-order chi connectivity index (χ0) is 18.8. The van der Waals surface area contributed by atoms with E-state index in [-0.39, 0.29) is 5.91 Å². The highest BCUT2D eigenvalue weighted by Gasteiger charge is 2.16. The van der Waals surface area contributed by atoms with Crippen LogP contribution in [0.5, 0.6) is 0 Å². The minimum absolute atomic E-state index is 0.0831. The molecular formula is C20H31N5O. The molecule has 1 heterocycles. The van der Waals surface area contributed by atoms with Gasteiger partial charge in [0.25, 0.3) is 0 Å². The lowest BCUT2D eigenvalue weighted by Gasteiger charge is -2.28. The molecule has 0 spiro atoms. The molecule has 2 rings (SSSR count). The fraction of sp³-hybridized carbons (Fsp3) is 0.500. The minimum atomic E-state index is 0.0831. The number of amides is 1. The Morgan fingerprint density at radius 2 is 2.19 bits per heavy atom. The molecule has 1 saturated heterocycles. The fourth-order valence-corrected chi connectivity index (χ4v) is 2.89. The van der Waals surface area contributed by atoms with Gasteiger partial charge in [0, 0.05) is 38.9 Å². The summed E-state index contributed by atoms with van der Waals surface area (Å²) in [5, 5.41) is 6.20. The molecular weight excluding hydrogens is 326 g/mol. The highest BCUT2D eigenvalue weighted by molar-refractivity contribution is 5.82. The molecule has 6 heteroatoms. The van der Waals surface area contributed by atoms with E-state index in [0.29, 0.717) is 19.6 Å². The van der Waals surface area contributed by atoms with Gasteiger partial charge < -0.3 is 20.4 Å². The van der Waals surface area contributed by atoms with Gasteiger partial charge in [0.1, 0.15) is 0 Å². The molecule has 1 aliphatic heterocycles. The Labute approximate surface area is 157 Å². The van der Waals surface area contributed by atoms with Gasteiger partial charge in [-0.25, -0.2) is 4.99 Å². The topological polar surface area (TPSA) is 60.0 Å². The predicted octanol–water partition coefficient (Wildman–Crippen LogP) is 1.99. The summed E-state index contributed by atoms with van der Waals surface area (Å²) in [4.78, 5) is 20.5. The molecule has 2 N–H and O–H groups in total. The number of nitrogens with one attached hydrogen (secondary N) is 2. The predicted molar refractivity (Wildman–Crippen MR) is 109 cm³/mol. The number of anilines is 1. The quantitative estimate of drug-likeness (QED) is 0.323. The minimum Gasteiger partial charge on any atom is -0.360 e. The summed E-state index contributed by atoms with van der Waals surface area (Å²) in [5.41, 5.74) is 2.24. The molecule has 1 fully saturated rings. The average molecular weight is 358 g/mol. The summed E-state index contributed by atoms with van der Waals surface area (Å²) in [5.74, 6) is 1.01. The third-order valence-electron chi connectivity index (χ3n) is 4.35. The van der Waals surface area contributed by atoms with Gasteiger partial charge in [-0.2, -0.15) is 0 Å². The molecule has 26 heavy (non-hydrogen) atoms. The van der Waals surface area contributed by atoms with Crippen molar-refractivity contribution in [2.45, 2.75) is 26.3 Å². The van der Waals surface area contributed by atoms with E-state index >= 15 is 0 Å². The van der Waals surface area contributed by atoms with Gasteiger partial charge in [0.15, 0.2) is 5.96 Å². The van der Waals surface area contributed by atoms with Crippen LogP contribution in [0.1, 0.15) is 25.3 Å². The zero-order valence-corrected chi connectivity index (χ0v) is 16.0. The van der Waals surface area contributed by atoms with E-state index in [9.17, 15) is 4.79 Å². The number of carbonyl (C=O) groups is 1. The number of nitrogens with zero attached hydrogens (tertiary/aromatic N) is 3. The number of hydrogen-bond donors (Lipinski definition) is 2. The van der Waals surface area contributed by atoms with Crippen LogP contribution in [0.15, 0.2) is 41.9 Å². The van der Waals surface area contributed by atoms with Gasteiger partial charge in [-0.1, -0.05) is 18.2 Å². The number of benzene rings is 1. The van der Waals surface area contributed by atoms with Crippen LogP contribution in [0.25, 0.3) is 0 Å². The van der Waals surface area contributed by atoms with Crippen molar-refractivity contribution in [1.29, 1.82) is 0 Å². The van der Waals surface area contributed by atoms with Crippen LogP contribution in [0, 0.1) is 0 Å². The molecule has 0 saturated carbocycles. The average Bonchev–Trinajstić information content (AvgIpc) is 2.65. The second kappa shape index (κ2) is 10.5. The van der Waals surface area contributed by atoms with Crippen LogP contribution >= 0.6 is 0 Å². The first-order chi connectivity index (χ1) is 12.6. The van der Waals surface area contributed by atoms with Crippen LogP contribution in [0.3, 0.4) is 0 Å². The summed E-state index contributed by atoms with van der Waals surface area (Å²) in [7, 11) is 2.06. The van der Waals surface area contributed by atoms with Gasteiger partial charge in [-0.15, -0.1) is 6.58 Å². The highest BCUT2D eigenvalue weighted by atomic mass is 16.2. The van der Waals surface area contributed by atoms with E-state index in [1.807, 2.05) is 6.08 Å². The van der Waals surface area contributed by atoms with Crippen molar-refractivity contribution >= 4 is 17.6 Å². The Morgan fingerprint density at radius 1 is 1.42 bits per heavy atom. The van der Waals surface area contributed by atoms with Crippen LogP contribution < -0.4 is 15.5 Å². The Bertz CT molecular complexity index is 611. The summed E-state index contributed by atoms with van der Waals surface area (Å²) in [6.07, 6.45) is 4.04. The maximum absolute atomic E-state index is 11.5. The van der Waals surface area contributed by atoms with Crippen LogP contribution in [-0.2, 0) is 11.3 Å². The van der Waals surface area contributed by atoms with Crippen LogP contribution in [-0.4, -0.2) is 56.5 Å². The zero-order valence-electron chi connectivity index (χ0n) is 16.0. The van der Waals surface area contributed by atoms with Crippen molar-refractivity contribution in [3.8, 4) is 0 Å². The summed E-state index contributed by atoms with van der Waals surface area (Å²) < 4.78 is 0. The summed E-state index contributed by atoms with van der Waals surface area (Å²) >= 11 is 0. The summed E-state index contributed by atoms with van der Waals surface area (Å²) in [6.45, 7) is 10.3. The van der Waals surface area contributed by atoms with Crippen molar-refractivity contribution in [2.75, 3.05) is 44.7 Å². The normalized spacial score (nSPS) is 14.8. The molecule has 1 aliphatic rings. The lowest BCUT2D eigenvalue weighted by Crippen LogP contribution is -2.47. The van der Waals surface area contributed by atoms with Gasteiger partial charge in [-0.3, -0.25) is 4.79 Å². The third kappa shape index (κ3) is 6.10. The Kier molecular flexibility index (Phi) is 7.99. The number of carbonyl (C=O) groups excluding carboxylic acids is 1. The van der Waals surface area contributed by atoms with E-state index < -0.39 is 0 Å². The molecule has 0 bridgehead atoms. The van der Waals surface area contributed by atoms with Crippen LogP contribution in [0.4, 0.5) is 5.69 Å². The Morgan fingerprint density at radius 3 is 2.85 bits per heavy atom. The maximum atomic E-state index is 11.5. The molecule has 0 aromatic heterocycles. The highest BCUT2D eigenvalue weighted by Crippen LogP contribution is 2.16. The van der Waals surface area contributed by atoms with Gasteiger partial charge >= 0.3 is 0 Å². The van der Waals surface area contributed by atoms with Crippen molar-refractivity contribution in [3.05, 3.63) is 42.5 Å². The summed E-state index contributed by atoms with van der Waals surface area (Å²) in [6, 6.07) is 8.33. The Balaban J connectivity index is 1.95. The number of piperazine rings is 1. The number of aliphatic imine (C=N–C) groups is 1. The number of unbranched alkanes of at least 4 members (excludes halogenated alkanes) is 1. The SMILES string of the molecule is C=CCCCN(C)C(=NCc1ccc(N2CCNC(=O)C2)cc1)NCC. The van der Waals surface area contributed by atoms with E-state index in [2.05, 4.69) is 65.2 Å². The number of rotatable bonds is 8. The number of hydrogen-bond acceptors (Lipinski definition) is 3. The molecule has 1 aromatic carbocycles. The molecule has 0 aliphatic carbocycles. The van der Waals surface area contributed by atoms with E-state index in [4.69, 9.17) is 4.99 Å². The fourth-order valence-electron chi connectivity index (χ4n) is 2.89. The standard InChI is InChI=1S/C20H31N5O/c1-4-6-7-13-24(3)20(21-5-2)23-15-17-8-10-18(11-9-17)25-14-12-22-19(26)16-25/h4,8-11H,1,5-7,12-16H2,2-3H3,(H,21,23)(H,22,26). The number of allylic oxidation sites excluding steroid dienone is 1. The monoisotopic (exact) mass is 357 g/mol. The van der Waals surface area contributed by atoms with Crippen molar-refractivity contribution < 1.29 is 4.79 Å². The van der Waals surface area contributed by atoms with Gasteiger partial charge in [0.2, 0.25) is 5.91 Å². The molecule has 142 valence electrons. The molecule has 1 amide bonds. The van der Waals surface area contributed by atoms with Gasteiger partial charge in [0.05, 0.1) is 13.1 Å². The third-order valence-corrected chi connectivity index (χ3v) is 4.35. The Hall–Kier alpha value is -2.50. The molecule has 0 radical (unpaired) electrons. The van der Waals surface area contributed by atoms with E-state index in [0.717, 1.165) is 49.7 Å². The first kappa shape index (κ1) is 19.8. The first-order valence-electron chi connectivity index (χ1n) is 9.35. The molecule has 0 unspecified atom stereocenters. The smallest absolute Gasteiger partial charge is 0.239 e. The molecule has 1 aromatic rings. The second-order valence-electron chi connectivity index (χ2n) is 6.46. The van der Waals surface area contributed by atoms with Gasteiger partial charge in [-0.05, 0) is 37.5 Å². The van der Waals surface area contributed by atoms with E-state index in [1.54, 1.807) is 0 Å². The lowest BCUT2D eigenvalue weighted by atomic mass is 10.2. The largest absolute Gasteiger partial charge is 0.360 e. The first-order valence-corrected chi connectivity index (χ1v) is 9.35. The van der Waals surface area contributed by atoms with Crippen LogP contribution in [0.2, 0.25) is 0 Å². The van der Waals surface area contributed by atoms with Crippen molar-refractivity contribution in [1.82, 2.24) is 15.5 Å². The molecule has 6 nitrogen and oxygen atoms in total. The van der Waals surface area contributed by atoms with Crippen molar-refractivity contribution in [2.24, 2.45) is 4.99 Å². The van der Waals surface area contributed by atoms with Crippen molar-refractivity contribution in [3.63, 3.8) is 0 Å². The lowest BCUT2D eigenvalue weighted by molar-refractivity contribution is -0.120.